The molecule has 5 nitrogen and oxygen atoms in total. The third-order valence-electron chi connectivity index (χ3n) is 6.92. The van der Waals surface area contributed by atoms with Gasteiger partial charge < -0.3 is 5.32 Å². The van der Waals surface area contributed by atoms with Crippen LogP contribution in [-0.4, -0.2) is 20.9 Å². The van der Waals surface area contributed by atoms with E-state index < -0.39 is 10.0 Å². The van der Waals surface area contributed by atoms with Crippen LogP contribution in [0.4, 0.5) is 5.69 Å². The molecule has 6 heteroatoms. The maximum Gasteiger partial charge on any atom is 0.264 e. The second-order valence-electron chi connectivity index (χ2n) is 9.36. The van der Waals surface area contributed by atoms with Crippen molar-refractivity contribution in [1.29, 1.82) is 0 Å². The van der Waals surface area contributed by atoms with Gasteiger partial charge in [0.1, 0.15) is 6.54 Å². The predicted molar refractivity (Wildman–Crippen MR) is 141 cm³/mol. The number of nitrogens with one attached hydrogen (secondary N) is 1. The van der Waals surface area contributed by atoms with Gasteiger partial charge in [-0.2, -0.15) is 0 Å². The maximum absolute atomic E-state index is 13.6. The molecule has 0 radical (unpaired) electrons. The van der Waals surface area contributed by atoms with Crippen molar-refractivity contribution in [2.45, 2.75) is 63.8 Å². The Morgan fingerprint density at radius 3 is 2.31 bits per heavy atom. The summed E-state index contributed by atoms with van der Waals surface area (Å²) in [5.74, 6) is -0.327. The van der Waals surface area contributed by atoms with Gasteiger partial charge in [-0.3, -0.25) is 9.10 Å². The largest absolute Gasteiger partial charge is 0.348 e. The van der Waals surface area contributed by atoms with Crippen LogP contribution in [0.25, 0.3) is 0 Å². The first-order valence-electron chi connectivity index (χ1n) is 12.4. The van der Waals surface area contributed by atoms with Crippen LogP contribution in [-0.2, 0) is 27.7 Å². The zero-order chi connectivity index (χ0) is 25.0. The second kappa shape index (κ2) is 10.6. The number of rotatable bonds is 8. The molecule has 35 heavy (non-hydrogen) atoms. The van der Waals surface area contributed by atoms with Gasteiger partial charge in [-0.25, -0.2) is 8.42 Å². The van der Waals surface area contributed by atoms with Gasteiger partial charge in [-0.1, -0.05) is 49.4 Å². The van der Waals surface area contributed by atoms with Crippen molar-refractivity contribution in [1.82, 2.24) is 5.32 Å². The lowest BCUT2D eigenvalue weighted by Gasteiger charge is -2.26. The number of benzene rings is 3. The normalized spacial score (nSPS) is 14.1. The zero-order valence-corrected chi connectivity index (χ0v) is 21.6. The summed E-state index contributed by atoms with van der Waals surface area (Å²) in [4.78, 5) is 13.4. The van der Waals surface area contributed by atoms with Gasteiger partial charge in [0.05, 0.1) is 16.6 Å². The average molecular weight is 491 g/mol. The van der Waals surface area contributed by atoms with Crippen LogP contribution >= 0.6 is 0 Å². The quantitative estimate of drug-likeness (QED) is 0.444. The van der Waals surface area contributed by atoms with Gasteiger partial charge in [0, 0.05) is 0 Å². The molecular formula is C29H34N2O3S. The van der Waals surface area contributed by atoms with Crippen LogP contribution in [0.2, 0.25) is 0 Å². The molecule has 0 saturated carbocycles. The Morgan fingerprint density at radius 1 is 0.914 bits per heavy atom. The van der Waals surface area contributed by atoms with Crippen LogP contribution in [0.3, 0.4) is 0 Å². The highest BCUT2D eigenvalue weighted by atomic mass is 32.2. The monoisotopic (exact) mass is 490 g/mol. The van der Waals surface area contributed by atoms with Gasteiger partial charge in [-0.15, -0.1) is 0 Å². The molecule has 1 amide bonds. The van der Waals surface area contributed by atoms with Crippen LogP contribution in [0.1, 0.15) is 60.0 Å². The van der Waals surface area contributed by atoms with Crippen molar-refractivity contribution in [2.24, 2.45) is 0 Å². The van der Waals surface area contributed by atoms with E-state index in [9.17, 15) is 13.2 Å². The SMILES string of the molecule is CC[C@H](NC(=O)CN(c1ccc(C)c(C)c1)S(=O)(=O)c1ccccc1)c1ccc2c(c1)CCCC2. The molecule has 0 unspecified atom stereocenters. The molecule has 0 spiro atoms. The van der Waals surface area contributed by atoms with Gasteiger partial charge in [0.15, 0.2) is 0 Å². The Morgan fingerprint density at radius 2 is 1.63 bits per heavy atom. The Hall–Kier alpha value is -3.12. The summed E-state index contributed by atoms with van der Waals surface area (Å²) in [6.45, 7) is 5.66. The Labute approximate surface area is 209 Å². The lowest BCUT2D eigenvalue weighted by atomic mass is 9.89. The third kappa shape index (κ3) is 5.59. The van der Waals surface area contributed by atoms with E-state index in [0.717, 1.165) is 36.0 Å². The number of amides is 1. The maximum atomic E-state index is 13.6. The highest BCUT2D eigenvalue weighted by Crippen LogP contribution is 2.28. The van der Waals surface area contributed by atoms with Gasteiger partial charge in [0.2, 0.25) is 5.91 Å². The van der Waals surface area contributed by atoms with Gasteiger partial charge >= 0.3 is 0 Å². The Balaban J connectivity index is 1.61. The topological polar surface area (TPSA) is 66.5 Å². The average Bonchev–Trinajstić information content (AvgIpc) is 2.87. The number of sulfonamides is 1. The summed E-state index contributed by atoms with van der Waals surface area (Å²) >= 11 is 0. The first-order chi connectivity index (χ1) is 16.8. The van der Waals surface area contributed by atoms with Crippen LogP contribution < -0.4 is 9.62 Å². The summed E-state index contributed by atoms with van der Waals surface area (Å²) in [7, 11) is -3.93. The minimum Gasteiger partial charge on any atom is -0.348 e. The Bertz CT molecular complexity index is 1300. The van der Waals surface area contributed by atoms with E-state index in [2.05, 4.69) is 23.5 Å². The molecular weight excluding hydrogens is 456 g/mol. The van der Waals surface area contributed by atoms with Crippen molar-refractivity contribution in [3.63, 3.8) is 0 Å². The fraction of sp³-hybridized carbons (Fsp3) is 0.345. The second-order valence-corrected chi connectivity index (χ2v) is 11.2. The summed E-state index contributed by atoms with van der Waals surface area (Å²) in [6, 6.07) is 20.1. The number of fused-ring (bicyclic) bond motifs is 1. The first kappa shape index (κ1) is 25.0. The van der Waals surface area contributed by atoms with Crippen LogP contribution in [0, 0.1) is 13.8 Å². The van der Waals surface area contributed by atoms with Crippen LogP contribution in [0.15, 0.2) is 71.6 Å². The van der Waals surface area contributed by atoms with E-state index in [-0.39, 0.29) is 23.4 Å². The highest BCUT2D eigenvalue weighted by Gasteiger charge is 2.28. The molecule has 0 bridgehead atoms. The zero-order valence-electron chi connectivity index (χ0n) is 20.8. The Kier molecular flexibility index (Phi) is 7.60. The van der Waals surface area contributed by atoms with E-state index in [1.807, 2.05) is 32.9 Å². The number of nitrogens with zero attached hydrogens (tertiary/aromatic N) is 1. The molecule has 0 saturated heterocycles. The molecule has 1 atom stereocenters. The summed E-state index contributed by atoms with van der Waals surface area (Å²) in [6.07, 6.45) is 5.33. The van der Waals surface area contributed by atoms with E-state index in [4.69, 9.17) is 0 Å². The molecule has 1 aliphatic rings. The van der Waals surface area contributed by atoms with Crippen LogP contribution in [0.5, 0.6) is 0 Å². The highest BCUT2D eigenvalue weighted by molar-refractivity contribution is 7.92. The molecule has 0 aromatic heterocycles. The molecule has 1 N–H and O–H groups in total. The van der Waals surface area contributed by atoms with E-state index in [0.29, 0.717) is 5.69 Å². The number of hydrogen-bond donors (Lipinski definition) is 1. The molecule has 0 fully saturated rings. The molecule has 3 aromatic carbocycles. The third-order valence-corrected chi connectivity index (χ3v) is 8.70. The number of carbonyl (C=O) groups excluding carboxylic acids is 1. The fourth-order valence-electron chi connectivity index (χ4n) is 4.68. The number of anilines is 1. The molecule has 3 aromatic rings. The van der Waals surface area contributed by atoms with E-state index in [1.165, 1.54) is 28.3 Å². The van der Waals surface area contributed by atoms with Crippen molar-refractivity contribution in [3.05, 3.63) is 94.5 Å². The minimum absolute atomic E-state index is 0.160. The molecule has 4 rings (SSSR count). The molecule has 1 aliphatic carbocycles. The van der Waals surface area contributed by atoms with Crippen molar-refractivity contribution < 1.29 is 13.2 Å². The molecule has 0 aliphatic heterocycles. The van der Waals surface area contributed by atoms with Gasteiger partial charge in [0.25, 0.3) is 10.0 Å². The van der Waals surface area contributed by atoms with E-state index in [1.54, 1.807) is 36.4 Å². The smallest absolute Gasteiger partial charge is 0.264 e. The standard InChI is InChI=1S/C29H34N2O3S/c1-4-28(25-16-15-23-10-8-9-11-24(23)19-25)30-29(32)20-31(26-17-14-21(2)22(3)18-26)35(33,34)27-12-6-5-7-13-27/h5-7,12-19,28H,4,8-11,20H2,1-3H3,(H,30,32)/t28-/m0/s1. The number of carbonyl (C=O) groups is 1. The molecule has 184 valence electrons. The van der Waals surface area contributed by atoms with Gasteiger partial charge in [-0.05, 0) is 98.0 Å². The lowest BCUT2D eigenvalue weighted by molar-refractivity contribution is -0.120. The summed E-state index contributed by atoms with van der Waals surface area (Å²) < 4.78 is 28.4. The number of aryl methyl sites for hydroxylation is 4. The van der Waals surface area contributed by atoms with Crippen molar-refractivity contribution in [2.75, 3.05) is 10.8 Å². The minimum atomic E-state index is -3.93. The summed E-state index contributed by atoms with van der Waals surface area (Å²) in [5.41, 5.74) is 6.35. The predicted octanol–water partition coefficient (Wildman–Crippen LogP) is 5.65. The lowest BCUT2D eigenvalue weighted by Crippen LogP contribution is -2.42. The number of hydrogen-bond acceptors (Lipinski definition) is 3. The van der Waals surface area contributed by atoms with Crippen molar-refractivity contribution >= 4 is 21.6 Å². The first-order valence-corrected chi connectivity index (χ1v) is 13.8. The van der Waals surface area contributed by atoms with E-state index >= 15 is 0 Å². The summed E-state index contributed by atoms with van der Waals surface area (Å²) in [5, 5.41) is 3.09. The fourth-order valence-corrected chi connectivity index (χ4v) is 6.11. The molecule has 0 heterocycles. The van der Waals surface area contributed by atoms with Crippen molar-refractivity contribution in [3.8, 4) is 0 Å².